The molecule has 0 saturated heterocycles. The highest BCUT2D eigenvalue weighted by atomic mass is 28.3. The molecular formula is C23H28OSi. The van der Waals surface area contributed by atoms with Gasteiger partial charge in [-0.2, -0.15) is 0 Å². The largest absolute Gasteiger partial charge is 0.293 e. The van der Waals surface area contributed by atoms with Gasteiger partial charge in [0.2, 0.25) is 0 Å². The van der Waals surface area contributed by atoms with Crippen molar-refractivity contribution in [1.82, 2.24) is 0 Å². The van der Waals surface area contributed by atoms with Gasteiger partial charge in [0, 0.05) is 5.56 Å². The quantitative estimate of drug-likeness (QED) is 0.513. The standard InChI is InChI=1S/C23H28OSi/c1-19(25(2,3)21-15-9-5-10-16-21)23(17-11-6-12-18-23)22(24)20-13-7-4-8-14-20/h4-5,7-10,13-16H,1,6,11-12,17-18H2,2-3H3. The lowest BCUT2D eigenvalue weighted by Crippen LogP contribution is -2.52. The zero-order chi connectivity index (χ0) is 17.9. The van der Waals surface area contributed by atoms with Crippen molar-refractivity contribution in [2.45, 2.75) is 45.2 Å². The monoisotopic (exact) mass is 348 g/mol. The second-order valence-electron chi connectivity index (χ2n) is 7.81. The smallest absolute Gasteiger partial charge is 0.172 e. The Kier molecular flexibility index (Phi) is 5.10. The van der Waals surface area contributed by atoms with E-state index in [1.807, 2.05) is 30.3 Å². The van der Waals surface area contributed by atoms with Crippen LogP contribution in [0.1, 0.15) is 42.5 Å². The van der Waals surface area contributed by atoms with Gasteiger partial charge in [-0.05, 0) is 12.8 Å². The zero-order valence-electron chi connectivity index (χ0n) is 15.4. The van der Waals surface area contributed by atoms with Gasteiger partial charge < -0.3 is 0 Å². The molecular weight excluding hydrogens is 320 g/mol. The first-order valence-electron chi connectivity index (χ1n) is 9.34. The summed E-state index contributed by atoms with van der Waals surface area (Å²) in [5.41, 5.74) is 0.453. The Labute approximate surface area is 152 Å². The van der Waals surface area contributed by atoms with Gasteiger partial charge in [0.05, 0.1) is 5.41 Å². The molecule has 1 saturated carbocycles. The second kappa shape index (κ2) is 7.13. The molecule has 1 aliphatic rings. The highest BCUT2D eigenvalue weighted by molar-refractivity contribution is 6.96. The molecule has 2 aromatic carbocycles. The molecule has 3 rings (SSSR count). The van der Waals surface area contributed by atoms with E-state index in [9.17, 15) is 4.79 Å². The minimum Gasteiger partial charge on any atom is -0.293 e. The zero-order valence-corrected chi connectivity index (χ0v) is 16.4. The Morgan fingerprint density at radius 2 is 1.40 bits per heavy atom. The van der Waals surface area contributed by atoms with Crippen LogP contribution in [-0.2, 0) is 0 Å². The van der Waals surface area contributed by atoms with E-state index in [1.54, 1.807) is 0 Å². The lowest BCUT2D eigenvalue weighted by molar-refractivity contribution is 0.0790. The molecule has 0 amide bonds. The fourth-order valence-electron chi connectivity index (χ4n) is 4.31. The highest BCUT2D eigenvalue weighted by Gasteiger charge is 2.47. The first-order valence-corrected chi connectivity index (χ1v) is 12.3. The molecule has 1 fully saturated rings. The molecule has 0 spiro atoms. The maximum Gasteiger partial charge on any atom is 0.172 e. The lowest BCUT2D eigenvalue weighted by Gasteiger charge is -2.43. The first kappa shape index (κ1) is 17.9. The van der Waals surface area contributed by atoms with E-state index in [0.29, 0.717) is 0 Å². The van der Waals surface area contributed by atoms with Gasteiger partial charge in [0.15, 0.2) is 5.78 Å². The average molecular weight is 349 g/mol. The van der Waals surface area contributed by atoms with Crippen molar-refractivity contribution in [3.8, 4) is 0 Å². The third kappa shape index (κ3) is 3.28. The first-order chi connectivity index (χ1) is 12.0. The lowest BCUT2D eigenvalue weighted by atomic mass is 9.69. The molecule has 0 unspecified atom stereocenters. The summed E-state index contributed by atoms with van der Waals surface area (Å²) in [5, 5.41) is 2.57. The van der Waals surface area contributed by atoms with Crippen LogP contribution in [0.4, 0.5) is 0 Å². The van der Waals surface area contributed by atoms with Crippen LogP contribution >= 0.6 is 0 Å². The minimum absolute atomic E-state index is 0.286. The van der Waals surface area contributed by atoms with Crippen molar-refractivity contribution < 1.29 is 4.79 Å². The molecule has 2 heteroatoms. The summed E-state index contributed by atoms with van der Waals surface area (Å²) in [6.07, 6.45) is 5.36. The van der Waals surface area contributed by atoms with Crippen molar-refractivity contribution >= 4 is 19.0 Å². The molecule has 0 N–H and O–H groups in total. The summed E-state index contributed by atoms with van der Waals surface area (Å²) in [4.78, 5) is 13.6. The van der Waals surface area contributed by atoms with E-state index in [-0.39, 0.29) is 11.2 Å². The van der Waals surface area contributed by atoms with Crippen LogP contribution in [0.5, 0.6) is 0 Å². The summed E-state index contributed by atoms with van der Waals surface area (Å²) >= 11 is 0. The molecule has 0 heterocycles. The fraction of sp³-hybridized carbons (Fsp3) is 0.348. The van der Waals surface area contributed by atoms with E-state index in [0.717, 1.165) is 31.2 Å². The molecule has 2 aromatic rings. The Morgan fingerprint density at radius 3 is 1.96 bits per heavy atom. The summed E-state index contributed by atoms with van der Waals surface area (Å²) in [7, 11) is -1.95. The molecule has 130 valence electrons. The Balaban J connectivity index is 2.04. The molecule has 1 nitrogen and oxygen atoms in total. The number of carbonyl (C=O) groups excluding carboxylic acids is 1. The van der Waals surface area contributed by atoms with Crippen molar-refractivity contribution in [2.75, 3.05) is 0 Å². The van der Waals surface area contributed by atoms with Gasteiger partial charge in [-0.3, -0.25) is 4.79 Å². The third-order valence-corrected chi connectivity index (χ3v) is 9.77. The Morgan fingerprint density at radius 1 is 0.880 bits per heavy atom. The molecule has 0 radical (unpaired) electrons. The predicted octanol–water partition coefficient (Wildman–Crippen LogP) is 5.53. The number of ketones is 1. The molecule has 0 bridgehead atoms. The number of Topliss-reactive ketones (excluding diaryl/α,β-unsaturated/α-hetero) is 1. The number of allylic oxidation sites excluding steroid dienone is 1. The van der Waals surface area contributed by atoms with Crippen LogP contribution in [-0.4, -0.2) is 13.9 Å². The molecule has 1 aliphatic carbocycles. The SMILES string of the molecule is C=C(C1(C(=O)c2ccccc2)CCCCC1)[Si](C)(C)c1ccccc1. The van der Waals surface area contributed by atoms with Gasteiger partial charge in [-0.15, -0.1) is 6.58 Å². The van der Waals surface area contributed by atoms with Gasteiger partial charge >= 0.3 is 0 Å². The molecule has 25 heavy (non-hydrogen) atoms. The second-order valence-corrected chi connectivity index (χ2v) is 12.2. The summed E-state index contributed by atoms with van der Waals surface area (Å²) in [6.45, 7) is 9.28. The third-order valence-electron chi connectivity index (χ3n) is 6.01. The van der Waals surface area contributed by atoms with E-state index >= 15 is 0 Å². The van der Waals surface area contributed by atoms with Crippen LogP contribution < -0.4 is 5.19 Å². The van der Waals surface area contributed by atoms with Crippen molar-refractivity contribution in [2.24, 2.45) is 5.41 Å². The average Bonchev–Trinajstić information content (AvgIpc) is 2.68. The molecule has 0 aliphatic heterocycles. The van der Waals surface area contributed by atoms with Crippen LogP contribution in [0.15, 0.2) is 72.4 Å². The topological polar surface area (TPSA) is 17.1 Å². The number of hydrogen-bond donors (Lipinski definition) is 0. The maximum absolute atomic E-state index is 13.6. The van der Waals surface area contributed by atoms with Crippen molar-refractivity contribution in [3.63, 3.8) is 0 Å². The van der Waals surface area contributed by atoms with E-state index in [1.165, 1.54) is 16.8 Å². The van der Waals surface area contributed by atoms with Gasteiger partial charge in [-0.25, -0.2) is 0 Å². The van der Waals surface area contributed by atoms with Crippen LogP contribution in [0.25, 0.3) is 0 Å². The number of rotatable bonds is 5. The number of carbonyl (C=O) groups is 1. The molecule has 0 atom stereocenters. The van der Waals surface area contributed by atoms with E-state index in [2.05, 4.69) is 50.0 Å². The summed E-state index contributed by atoms with van der Waals surface area (Å²) in [6, 6.07) is 20.5. The van der Waals surface area contributed by atoms with Crippen LogP contribution in [0, 0.1) is 5.41 Å². The van der Waals surface area contributed by atoms with Crippen LogP contribution in [0.3, 0.4) is 0 Å². The number of hydrogen-bond acceptors (Lipinski definition) is 1. The van der Waals surface area contributed by atoms with Gasteiger partial charge in [0.1, 0.15) is 8.07 Å². The Hall–Kier alpha value is -1.93. The molecule has 0 aromatic heterocycles. The predicted molar refractivity (Wildman–Crippen MR) is 109 cm³/mol. The Bertz CT molecular complexity index is 740. The van der Waals surface area contributed by atoms with Gasteiger partial charge in [-0.1, -0.05) is 103 Å². The normalized spacial score (nSPS) is 17.0. The van der Waals surface area contributed by atoms with Crippen molar-refractivity contribution in [3.05, 3.63) is 78.0 Å². The van der Waals surface area contributed by atoms with E-state index in [4.69, 9.17) is 0 Å². The van der Waals surface area contributed by atoms with Crippen molar-refractivity contribution in [1.29, 1.82) is 0 Å². The fourth-order valence-corrected chi connectivity index (χ4v) is 7.25. The van der Waals surface area contributed by atoms with Gasteiger partial charge in [0.25, 0.3) is 0 Å². The number of benzene rings is 2. The highest BCUT2D eigenvalue weighted by Crippen LogP contribution is 2.47. The van der Waals surface area contributed by atoms with E-state index < -0.39 is 8.07 Å². The minimum atomic E-state index is -1.95. The summed E-state index contributed by atoms with van der Waals surface area (Å²) in [5.74, 6) is 0.286. The maximum atomic E-state index is 13.6. The van der Waals surface area contributed by atoms with Crippen LogP contribution in [0.2, 0.25) is 13.1 Å². The summed E-state index contributed by atoms with van der Waals surface area (Å²) < 4.78 is 0.